The number of halogens is 1. The van der Waals surface area contributed by atoms with Crippen LogP contribution in [0, 0.1) is 0 Å². The number of rotatable bonds is 3. The van der Waals surface area contributed by atoms with Gasteiger partial charge in [-0.05, 0) is 43.9 Å². The normalized spacial score (nSPS) is 22.1. The van der Waals surface area contributed by atoms with Crippen LogP contribution in [0.2, 0.25) is 5.02 Å². The lowest BCUT2D eigenvalue weighted by Crippen LogP contribution is -2.34. The summed E-state index contributed by atoms with van der Waals surface area (Å²) in [7, 11) is 0. The van der Waals surface area contributed by atoms with Crippen LogP contribution in [0.3, 0.4) is 0 Å². The standard InChI is InChI=1S/C16H25ClN2/c1-3-14-7-5-4-6-10-19(14)16-9-8-13(12(2)18)11-15(16)17/h8-9,11-12,14H,3-7,10,18H2,1-2H3/t12-,14?/m0/s1. The summed E-state index contributed by atoms with van der Waals surface area (Å²) < 4.78 is 0. The Bertz CT molecular complexity index is 417. The van der Waals surface area contributed by atoms with Gasteiger partial charge in [-0.25, -0.2) is 0 Å². The Labute approximate surface area is 121 Å². The van der Waals surface area contributed by atoms with Crippen molar-refractivity contribution in [2.45, 2.75) is 58.0 Å². The Morgan fingerprint density at radius 2 is 2.16 bits per heavy atom. The topological polar surface area (TPSA) is 29.3 Å². The van der Waals surface area contributed by atoms with Gasteiger partial charge in [-0.15, -0.1) is 0 Å². The minimum Gasteiger partial charge on any atom is -0.367 e. The third-order valence-electron chi connectivity index (χ3n) is 4.16. The van der Waals surface area contributed by atoms with Crippen LogP contribution >= 0.6 is 11.6 Å². The average Bonchev–Trinajstić information content (AvgIpc) is 2.63. The Hall–Kier alpha value is -0.730. The third-order valence-corrected chi connectivity index (χ3v) is 4.46. The fourth-order valence-electron chi connectivity index (χ4n) is 2.96. The van der Waals surface area contributed by atoms with Gasteiger partial charge >= 0.3 is 0 Å². The van der Waals surface area contributed by atoms with E-state index in [0.29, 0.717) is 6.04 Å². The number of hydrogen-bond donors (Lipinski definition) is 1. The van der Waals surface area contributed by atoms with Crippen LogP contribution < -0.4 is 10.6 Å². The second-order valence-electron chi connectivity index (χ2n) is 5.60. The first-order chi connectivity index (χ1) is 9.13. The van der Waals surface area contributed by atoms with Crippen LogP contribution in [0.5, 0.6) is 0 Å². The minimum absolute atomic E-state index is 0.0395. The third kappa shape index (κ3) is 3.43. The molecule has 0 spiro atoms. The molecule has 2 nitrogen and oxygen atoms in total. The molecular weight excluding hydrogens is 256 g/mol. The molecule has 1 aromatic carbocycles. The van der Waals surface area contributed by atoms with Gasteiger partial charge in [-0.2, -0.15) is 0 Å². The molecule has 106 valence electrons. The minimum atomic E-state index is 0.0395. The highest BCUT2D eigenvalue weighted by Gasteiger charge is 2.21. The van der Waals surface area contributed by atoms with E-state index in [9.17, 15) is 0 Å². The van der Waals surface area contributed by atoms with Crippen LogP contribution in [-0.2, 0) is 0 Å². The maximum absolute atomic E-state index is 6.49. The molecule has 3 heteroatoms. The van der Waals surface area contributed by atoms with E-state index in [-0.39, 0.29) is 6.04 Å². The van der Waals surface area contributed by atoms with E-state index >= 15 is 0 Å². The molecule has 0 bridgehead atoms. The summed E-state index contributed by atoms with van der Waals surface area (Å²) in [5.74, 6) is 0. The molecule has 1 fully saturated rings. The molecule has 2 rings (SSSR count). The summed E-state index contributed by atoms with van der Waals surface area (Å²) in [5, 5.41) is 0.843. The van der Waals surface area contributed by atoms with Crippen molar-refractivity contribution in [2.24, 2.45) is 5.73 Å². The van der Waals surface area contributed by atoms with Gasteiger partial charge in [0.15, 0.2) is 0 Å². The van der Waals surface area contributed by atoms with E-state index in [2.05, 4.69) is 24.0 Å². The van der Waals surface area contributed by atoms with Gasteiger partial charge in [0.2, 0.25) is 0 Å². The highest BCUT2D eigenvalue weighted by Crippen LogP contribution is 2.33. The molecule has 2 N–H and O–H groups in total. The molecule has 2 atom stereocenters. The molecule has 1 heterocycles. The average molecular weight is 281 g/mol. The van der Waals surface area contributed by atoms with Crippen molar-refractivity contribution < 1.29 is 0 Å². The van der Waals surface area contributed by atoms with Gasteiger partial charge in [0, 0.05) is 18.6 Å². The fourth-order valence-corrected chi connectivity index (χ4v) is 3.26. The Kier molecular flexibility index (Phi) is 5.12. The summed E-state index contributed by atoms with van der Waals surface area (Å²) in [4.78, 5) is 2.50. The molecule has 1 aliphatic heterocycles. The van der Waals surface area contributed by atoms with E-state index in [1.807, 2.05) is 13.0 Å². The number of nitrogens with zero attached hydrogens (tertiary/aromatic N) is 1. The summed E-state index contributed by atoms with van der Waals surface area (Å²) in [6, 6.07) is 6.95. The Morgan fingerprint density at radius 1 is 1.37 bits per heavy atom. The smallest absolute Gasteiger partial charge is 0.0642 e. The van der Waals surface area contributed by atoms with E-state index in [1.54, 1.807) is 0 Å². The Balaban J connectivity index is 2.28. The molecule has 0 amide bonds. The fraction of sp³-hybridized carbons (Fsp3) is 0.625. The first kappa shape index (κ1) is 14.7. The van der Waals surface area contributed by atoms with E-state index < -0.39 is 0 Å². The predicted octanol–water partition coefficient (Wildman–Crippen LogP) is 4.52. The number of nitrogens with two attached hydrogens (primary N) is 1. The molecule has 0 aromatic heterocycles. The van der Waals surface area contributed by atoms with Crippen molar-refractivity contribution in [3.05, 3.63) is 28.8 Å². The lowest BCUT2D eigenvalue weighted by Gasteiger charge is -2.32. The molecule has 19 heavy (non-hydrogen) atoms. The highest BCUT2D eigenvalue weighted by molar-refractivity contribution is 6.33. The van der Waals surface area contributed by atoms with Crippen molar-refractivity contribution in [2.75, 3.05) is 11.4 Å². The van der Waals surface area contributed by atoms with Crippen molar-refractivity contribution >= 4 is 17.3 Å². The van der Waals surface area contributed by atoms with Gasteiger partial charge in [-0.1, -0.05) is 37.4 Å². The largest absolute Gasteiger partial charge is 0.367 e. The summed E-state index contributed by atoms with van der Waals surface area (Å²) in [6.07, 6.45) is 6.40. The van der Waals surface area contributed by atoms with Gasteiger partial charge in [0.1, 0.15) is 0 Å². The van der Waals surface area contributed by atoms with Crippen LogP contribution in [0.25, 0.3) is 0 Å². The maximum atomic E-state index is 6.49. The molecule has 1 saturated heterocycles. The summed E-state index contributed by atoms with van der Waals surface area (Å²) >= 11 is 6.49. The summed E-state index contributed by atoms with van der Waals surface area (Å²) in [5.41, 5.74) is 8.21. The zero-order valence-corrected chi connectivity index (χ0v) is 12.8. The van der Waals surface area contributed by atoms with Gasteiger partial charge in [-0.3, -0.25) is 0 Å². The van der Waals surface area contributed by atoms with Crippen molar-refractivity contribution in [3.8, 4) is 0 Å². The van der Waals surface area contributed by atoms with Crippen LogP contribution in [0.15, 0.2) is 18.2 Å². The second kappa shape index (κ2) is 6.62. The molecular formula is C16H25ClN2. The van der Waals surface area contributed by atoms with Gasteiger partial charge in [0.05, 0.1) is 10.7 Å². The van der Waals surface area contributed by atoms with Crippen molar-refractivity contribution in [3.63, 3.8) is 0 Å². The lowest BCUT2D eigenvalue weighted by atomic mass is 10.1. The van der Waals surface area contributed by atoms with Crippen molar-refractivity contribution in [1.82, 2.24) is 0 Å². The molecule has 0 radical (unpaired) electrons. The summed E-state index contributed by atoms with van der Waals surface area (Å²) in [6.45, 7) is 5.38. The quantitative estimate of drug-likeness (QED) is 0.882. The zero-order chi connectivity index (χ0) is 13.8. The predicted molar refractivity (Wildman–Crippen MR) is 83.9 cm³/mol. The van der Waals surface area contributed by atoms with Gasteiger partial charge in [0.25, 0.3) is 0 Å². The number of benzene rings is 1. The first-order valence-electron chi connectivity index (χ1n) is 7.45. The monoisotopic (exact) mass is 280 g/mol. The zero-order valence-electron chi connectivity index (χ0n) is 12.0. The number of anilines is 1. The van der Waals surface area contributed by atoms with Crippen LogP contribution in [0.4, 0.5) is 5.69 Å². The van der Waals surface area contributed by atoms with Crippen molar-refractivity contribution in [1.29, 1.82) is 0 Å². The molecule has 0 saturated carbocycles. The maximum Gasteiger partial charge on any atom is 0.0642 e. The van der Waals surface area contributed by atoms with Crippen LogP contribution in [0.1, 0.15) is 57.6 Å². The molecule has 1 aliphatic rings. The SMILES string of the molecule is CCC1CCCCCN1c1ccc([C@H](C)N)cc1Cl. The van der Waals surface area contributed by atoms with Gasteiger partial charge < -0.3 is 10.6 Å². The highest BCUT2D eigenvalue weighted by atomic mass is 35.5. The lowest BCUT2D eigenvalue weighted by molar-refractivity contribution is 0.556. The second-order valence-corrected chi connectivity index (χ2v) is 6.01. The van der Waals surface area contributed by atoms with E-state index in [4.69, 9.17) is 17.3 Å². The van der Waals surface area contributed by atoms with E-state index in [1.165, 1.54) is 37.8 Å². The molecule has 1 aromatic rings. The molecule has 0 aliphatic carbocycles. The first-order valence-corrected chi connectivity index (χ1v) is 7.83. The van der Waals surface area contributed by atoms with E-state index in [0.717, 1.165) is 17.1 Å². The van der Waals surface area contributed by atoms with Crippen LogP contribution in [-0.4, -0.2) is 12.6 Å². The number of hydrogen-bond acceptors (Lipinski definition) is 2. The molecule has 1 unspecified atom stereocenters. The Morgan fingerprint density at radius 3 is 2.79 bits per heavy atom.